The summed E-state index contributed by atoms with van der Waals surface area (Å²) in [7, 11) is 2.14. The van der Waals surface area contributed by atoms with Gasteiger partial charge in [0, 0.05) is 36.6 Å². The summed E-state index contributed by atoms with van der Waals surface area (Å²) in [5.41, 5.74) is 8.75. The Morgan fingerprint density at radius 3 is 2.09 bits per heavy atom. The molecule has 0 aliphatic carbocycles. The number of pyridine rings is 1. The van der Waals surface area contributed by atoms with Crippen LogP contribution in [0.3, 0.4) is 0 Å². The van der Waals surface area contributed by atoms with Gasteiger partial charge in [0.2, 0.25) is 16.7 Å². The molecule has 0 aliphatic heterocycles. The zero-order valence-electron chi connectivity index (χ0n) is 19.8. The van der Waals surface area contributed by atoms with Gasteiger partial charge in [0.25, 0.3) is 0 Å². The second-order valence-corrected chi connectivity index (χ2v) is 9.81. The fourth-order valence-corrected chi connectivity index (χ4v) is 4.67. The van der Waals surface area contributed by atoms with Crippen molar-refractivity contribution < 1.29 is 9.25 Å². The highest BCUT2D eigenvalue weighted by molar-refractivity contribution is 5.77. The van der Waals surface area contributed by atoms with Crippen LogP contribution in [0.1, 0.15) is 37.6 Å². The van der Waals surface area contributed by atoms with Crippen LogP contribution in [-0.2, 0) is 12.5 Å². The molecule has 0 amide bonds. The number of benzene rings is 3. The molecule has 0 bridgehead atoms. The van der Waals surface area contributed by atoms with Crippen molar-refractivity contribution in [2.45, 2.75) is 40.0 Å². The zero-order chi connectivity index (χ0) is 22.6. The van der Waals surface area contributed by atoms with Crippen LogP contribution in [0.5, 0.6) is 0 Å². The summed E-state index contributed by atoms with van der Waals surface area (Å²) in [5, 5.41) is 2.49. The lowest BCUT2D eigenvalue weighted by Gasteiger charge is -2.21. The molecule has 0 unspecified atom stereocenters. The van der Waals surface area contributed by atoms with E-state index in [2.05, 4.69) is 135 Å². The fraction of sp³-hybridized carbons (Fsp3) is 0.241. The van der Waals surface area contributed by atoms with Gasteiger partial charge in [-0.3, -0.25) is 0 Å². The minimum absolute atomic E-state index is 0.0292. The van der Waals surface area contributed by atoms with E-state index >= 15 is 0 Å². The van der Waals surface area contributed by atoms with Crippen molar-refractivity contribution in [2.75, 3.05) is 0 Å². The van der Waals surface area contributed by atoms with Crippen molar-refractivity contribution >= 4 is 21.8 Å². The molecule has 0 N–H and O–H groups in total. The molecule has 0 fully saturated rings. The molecule has 5 rings (SSSR count). The third-order valence-electron chi connectivity index (χ3n) is 6.61. The smallest absolute Gasteiger partial charge is 0.157 e. The standard InChI is InChI=1S/C29H31N3/c1-20-15-16-22-11-7-10-14-26(22)32(20)28-18-24(29(3,4)5)17-27(21(28)2)31-19-23-12-8-9-13-25(23)30(31)6/h7-19H,1-6H3/q+2. The minimum atomic E-state index is 0.0292. The fourth-order valence-electron chi connectivity index (χ4n) is 4.67. The largest absolute Gasteiger partial charge is 0.238 e. The average molecular weight is 422 g/mol. The van der Waals surface area contributed by atoms with Crippen molar-refractivity contribution in [2.24, 2.45) is 7.05 Å². The molecule has 2 aromatic heterocycles. The van der Waals surface area contributed by atoms with Crippen LogP contribution in [0, 0.1) is 13.8 Å². The van der Waals surface area contributed by atoms with E-state index in [1.165, 1.54) is 50.0 Å². The van der Waals surface area contributed by atoms with E-state index in [0.717, 1.165) is 0 Å². The van der Waals surface area contributed by atoms with Crippen LogP contribution < -0.4 is 9.25 Å². The molecule has 0 saturated carbocycles. The first-order valence-corrected chi connectivity index (χ1v) is 11.3. The van der Waals surface area contributed by atoms with E-state index in [0.29, 0.717) is 0 Å². The van der Waals surface area contributed by atoms with Crippen LogP contribution in [0.15, 0.2) is 79.0 Å². The first-order valence-electron chi connectivity index (χ1n) is 11.3. The highest BCUT2D eigenvalue weighted by atomic mass is 15.4. The van der Waals surface area contributed by atoms with Crippen molar-refractivity contribution in [3.05, 3.63) is 95.8 Å². The Kier molecular flexibility index (Phi) is 4.67. The van der Waals surface area contributed by atoms with Gasteiger partial charge >= 0.3 is 0 Å². The first kappa shape index (κ1) is 20.4. The summed E-state index contributed by atoms with van der Waals surface area (Å²) in [6.45, 7) is 11.3. The summed E-state index contributed by atoms with van der Waals surface area (Å²) >= 11 is 0. The Balaban J connectivity index is 1.88. The molecule has 160 valence electrons. The molecule has 3 heteroatoms. The van der Waals surface area contributed by atoms with Crippen molar-refractivity contribution in [3.8, 4) is 11.4 Å². The molecule has 0 atom stereocenters. The highest BCUT2D eigenvalue weighted by Gasteiger charge is 2.27. The molecule has 0 spiro atoms. The molecule has 5 aromatic rings. The predicted molar refractivity (Wildman–Crippen MR) is 132 cm³/mol. The van der Waals surface area contributed by atoms with E-state index in [9.17, 15) is 0 Å². The number of para-hydroxylation sites is 2. The number of aryl methyl sites for hydroxylation is 2. The monoisotopic (exact) mass is 421 g/mol. The molecule has 0 aliphatic rings. The maximum Gasteiger partial charge on any atom is 0.238 e. The van der Waals surface area contributed by atoms with Gasteiger partial charge in [0.15, 0.2) is 12.7 Å². The van der Waals surface area contributed by atoms with Crippen LogP contribution in [-0.4, -0.2) is 4.68 Å². The van der Waals surface area contributed by atoms with Crippen LogP contribution in [0.25, 0.3) is 33.2 Å². The second kappa shape index (κ2) is 7.30. The summed E-state index contributed by atoms with van der Waals surface area (Å²) < 4.78 is 6.95. The number of rotatable bonds is 2. The lowest BCUT2D eigenvalue weighted by molar-refractivity contribution is -0.720. The number of hydrogen-bond donors (Lipinski definition) is 0. The van der Waals surface area contributed by atoms with Crippen LogP contribution in [0.2, 0.25) is 0 Å². The molecular weight excluding hydrogens is 390 g/mol. The van der Waals surface area contributed by atoms with Crippen LogP contribution in [0.4, 0.5) is 0 Å². The molecule has 2 heterocycles. The molecule has 0 radical (unpaired) electrons. The van der Waals surface area contributed by atoms with Crippen molar-refractivity contribution in [3.63, 3.8) is 0 Å². The van der Waals surface area contributed by atoms with Crippen molar-refractivity contribution in [1.29, 1.82) is 0 Å². The maximum absolute atomic E-state index is 2.41. The topological polar surface area (TPSA) is 12.7 Å². The number of aromatic nitrogens is 3. The van der Waals surface area contributed by atoms with E-state index in [4.69, 9.17) is 0 Å². The summed E-state index contributed by atoms with van der Waals surface area (Å²) in [6, 6.07) is 26.4. The molecular formula is C29H31N3+2. The summed E-state index contributed by atoms with van der Waals surface area (Å²) in [4.78, 5) is 0. The lowest BCUT2D eigenvalue weighted by Crippen LogP contribution is -2.40. The van der Waals surface area contributed by atoms with Gasteiger partial charge in [-0.15, -0.1) is 9.36 Å². The van der Waals surface area contributed by atoms with Gasteiger partial charge < -0.3 is 0 Å². The summed E-state index contributed by atoms with van der Waals surface area (Å²) in [6.07, 6.45) is 2.24. The van der Waals surface area contributed by atoms with Crippen molar-refractivity contribution in [1.82, 2.24) is 4.68 Å². The Bertz CT molecular complexity index is 1480. The maximum atomic E-state index is 2.41. The van der Waals surface area contributed by atoms with E-state index < -0.39 is 0 Å². The van der Waals surface area contributed by atoms with Gasteiger partial charge in [-0.1, -0.05) is 45.0 Å². The molecule has 3 nitrogen and oxygen atoms in total. The first-order chi connectivity index (χ1) is 15.3. The quantitative estimate of drug-likeness (QED) is 0.320. The number of nitrogens with zero attached hydrogens (tertiary/aromatic N) is 3. The highest BCUT2D eigenvalue weighted by Crippen LogP contribution is 2.30. The minimum Gasteiger partial charge on any atom is -0.157 e. The Morgan fingerprint density at radius 1 is 0.750 bits per heavy atom. The average Bonchev–Trinajstić information content (AvgIpc) is 3.10. The van der Waals surface area contributed by atoms with E-state index in [-0.39, 0.29) is 5.41 Å². The lowest BCUT2D eigenvalue weighted by atomic mass is 9.85. The van der Waals surface area contributed by atoms with Gasteiger partial charge in [0.1, 0.15) is 5.69 Å². The van der Waals surface area contributed by atoms with Gasteiger partial charge in [-0.05, 0) is 42.2 Å². The molecule has 32 heavy (non-hydrogen) atoms. The Morgan fingerprint density at radius 2 is 1.41 bits per heavy atom. The molecule has 3 aromatic carbocycles. The SMILES string of the molecule is Cc1c(-n2cc3ccccc3[n+]2C)cc(C(C)(C)C)cc1-[n+]1c(C)ccc2ccccc21. The van der Waals surface area contributed by atoms with Gasteiger partial charge in [0.05, 0.1) is 17.1 Å². The third kappa shape index (κ3) is 3.20. The Hall–Kier alpha value is -3.46. The second-order valence-electron chi connectivity index (χ2n) is 9.81. The van der Waals surface area contributed by atoms with Gasteiger partial charge in [-0.2, -0.15) is 4.57 Å². The van der Waals surface area contributed by atoms with E-state index in [1.807, 2.05) is 0 Å². The third-order valence-corrected chi connectivity index (χ3v) is 6.61. The summed E-state index contributed by atoms with van der Waals surface area (Å²) in [5.74, 6) is 0. The number of fused-ring (bicyclic) bond motifs is 2. The normalized spacial score (nSPS) is 12.1. The van der Waals surface area contributed by atoms with E-state index in [1.54, 1.807) is 0 Å². The van der Waals surface area contributed by atoms with Gasteiger partial charge in [-0.25, -0.2) is 0 Å². The Labute approximate surface area is 190 Å². The van der Waals surface area contributed by atoms with Crippen LogP contribution >= 0.6 is 0 Å². The molecule has 0 saturated heterocycles. The predicted octanol–water partition coefficient (Wildman–Crippen LogP) is 5.80. The zero-order valence-corrected chi connectivity index (χ0v) is 19.8. The number of hydrogen-bond acceptors (Lipinski definition) is 0.